The second kappa shape index (κ2) is 3.62. The smallest absolute Gasteiger partial charge is 0.278 e. The number of nitro benzene ring substituents is 1. The summed E-state index contributed by atoms with van der Waals surface area (Å²) in [5.41, 5.74) is 1.08. The molecular weight excluding hydrogens is 196 g/mol. The fourth-order valence-corrected chi connectivity index (χ4v) is 1.50. The molecule has 0 saturated heterocycles. The Morgan fingerprint density at radius 1 is 1.40 bits per heavy atom. The van der Waals surface area contributed by atoms with E-state index in [1.807, 2.05) is 0 Å². The van der Waals surface area contributed by atoms with Gasteiger partial charge in [-0.2, -0.15) is 0 Å². The van der Waals surface area contributed by atoms with E-state index in [-0.39, 0.29) is 12.3 Å². The van der Waals surface area contributed by atoms with Crippen LogP contribution in [0.15, 0.2) is 30.5 Å². The van der Waals surface area contributed by atoms with Gasteiger partial charge in [0.1, 0.15) is 0 Å². The summed E-state index contributed by atoms with van der Waals surface area (Å²) in [5.74, 6) is 0. The Bertz CT molecular complexity index is 525. The maximum atomic E-state index is 10.7. The Labute approximate surface area is 85.1 Å². The highest BCUT2D eigenvalue weighted by Crippen LogP contribution is 2.26. The molecule has 0 bridgehead atoms. The van der Waals surface area contributed by atoms with E-state index < -0.39 is 4.92 Å². The molecule has 0 fully saturated rings. The molecule has 15 heavy (non-hydrogen) atoms. The van der Waals surface area contributed by atoms with Gasteiger partial charge in [-0.15, -0.1) is 0 Å². The van der Waals surface area contributed by atoms with Gasteiger partial charge in [0.15, 0.2) is 0 Å². The number of benzene rings is 1. The van der Waals surface area contributed by atoms with Gasteiger partial charge in [-0.3, -0.25) is 15.1 Å². The lowest BCUT2D eigenvalue weighted by molar-refractivity contribution is -0.383. The molecule has 0 aliphatic rings. The third kappa shape index (κ3) is 1.53. The summed E-state index contributed by atoms with van der Waals surface area (Å²) in [7, 11) is 0. The first-order chi connectivity index (χ1) is 7.24. The molecule has 0 spiro atoms. The number of rotatable bonds is 2. The third-order valence-corrected chi connectivity index (χ3v) is 2.20. The largest absolute Gasteiger partial charge is 0.392 e. The molecule has 5 heteroatoms. The van der Waals surface area contributed by atoms with Crippen LogP contribution in [0.1, 0.15) is 5.56 Å². The first-order valence-corrected chi connectivity index (χ1v) is 4.36. The molecule has 0 aliphatic carbocycles. The van der Waals surface area contributed by atoms with Crippen molar-refractivity contribution >= 4 is 16.6 Å². The Kier molecular flexibility index (Phi) is 2.31. The molecule has 0 saturated carbocycles. The average molecular weight is 204 g/mol. The van der Waals surface area contributed by atoms with Crippen molar-refractivity contribution in [1.82, 2.24) is 4.98 Å². The van der Waals surface area contributed by atoms with Crippen molar-refractivity contribution in [3.05, 3.63) is 46.1 Å². The Morgan fingerprint density at radius 2 is 2.20 bits per heavy atom. The monoisotopic (exact) mass is 204 g/mol. The van der Waals surface area contributed by atoms with E-state index in [4.69, 9.17) is 5.11 Å². The van der Waals surface area contributed by atoms with Crippen molar-refractivity contribution in [3.8, 4) is 0 Å². The van der Waals surface area contributed by atoms with E-state index in [0.717, 1.165) is 0 Å². The molecule has 0 unspecified atom stereocenters. The molecule has 5 nitrogen and oxygen atoms in total. The highest BCUT2D eigenvalue weighted by Gasteiger charge is 2.13. The lowest BCUT2D eigenvalue weighted by Crippen LogP contribution is -1.94. The van der Waals surface area contributed by atoms with Crippen LogP contribution in [0.3, 0.4) is 0 Å². The number of nitrogens with zero attached hydrogens (tertiary/aromatic N) is 2. The van der Waals surface area contributed by atoms with Gasteiger partial charge in [0.2, 0.25) is 0 Å². The van der Waals surface area contributed by atoms with Crippen LogP contribution in [-0.4, -0.2) is 15.0 Å². The molecule has 2 rings (SSSR count). The minimum absolute atomic E-state index is 0.00954. The number of pyridine rings is 1. The standard InChI is InChI=1S/C10H8N2O3/c13-6-7-3-4-9(12(14)15)8-2-1-5-11-10(7)8/h1-5,13H,6H2. The minimum Gasteiger partial charge on any atom is -0.392 e. The zero-order valence-electron chi connectivity index (χ0n) is 7.75. The predicted molar refractivity (Wildman–Crippen MR) is 54.3 cm³/mol. The fraction of sp³-hybridized carbons (Fsp3) is 0.100. The molecule has 2 aromatic rings. The van der Waals surface area contributed by atoms with E-state index in [9.17, 15) is 10.1 Å². The Morgan fingerprint density at radius 3 is 2.87 bits per heavy atom. The lowest BCUT2D eigenvalue weighted by atomic mass is 10.1. The van der Waals surface area contributed by atoms with Gasteiger partial charge in [-0.05, 0) is 18.2 Å². The van der Waals surface area contributed by atoms with Gasteiger partial charge in [0.25, 0.3) is 5.69 Å². The first kappa shape index (κ1) is 9.54. The molecule has 1 N–H and O–H groups in total. The molecule has 1 aromatic carbocycles. The van der Waals surface area contributed by atoms with Crippen LogP contribution in [0.5, 0.6) is 0 Å². The number of aliphatic hydroxyl groups is 1. The van der Waals surface area contributed by atoms with Crippen LogP contribution in [0, 0.1) is 10.1 Å². The molecule has 1 aromatic heterocycles. The molecule has 76 valence electrons. The number of aliphatic hydroxyl groups excluding tert-OH is 1. The van der Waals surface area contributed by atoms with E-state index >= 15 is 0 Å². The van der Waals surface area contributed by atoms with Crippen LogP contribution in [0.2, 0.25) is 0 Å². The zero-order chi connectivity index (χ0) is 10.8. The topological polar surface area (TPSA) is 76.3 Å². The van der Waals surface area contributed by atoms with Crippen LogP contribution in [0.4, 0.5) is 5.69 Å². The number of fused-ring (bicyclic) bond motifs is 1. The summed E-state index contributed by atoms with van der Waals surface area (Å²) < 4.78 is 0. The van der Waals surface area contributed by atoms with Crippen LogP contribution < -0.4 is 0 Å². The van der Waals surface area contributed by atoms with Gasteiger partial charge < -0.3 is 5.11 Å². The predicted octanol–water partition coefficient (Wildman–Crippen LogP) is 1.64. The number of nitro groups is 1. The normalized spacial score (nSPS) is 10.5. The van der Waals surface area contributed by atoms with Crippen molar-refractivity contribution in [2.24, 2.45) is 0 Å². The Hall–Kier alpha value is -2.01. The summed E-state index contributed by atoms with van der Waals surface area (Å²) in [6.45, 7) is -0.175. The number of hydrogen-bond donors (Lipinski definition) is 1. The average Bonchev–Trinajstić information content (AvgIpc) is 2.27. The molecule has 0 atom stereocenters. The van der Waals surface area contributed by atoms with Crippen LogP contribution in [-0.2, 0) is 6.61 Å². The van der Waals surface area contributed by atoms with Gasteiger partial charge in [-0.1, -0.05) is 0 Å². The lowest BCUT2D eigenvalue weighted by Gasteiger charge is -2.02. The summed E-state index contributed by atoms with van der Waals surface area (Å²) in [5, 5.41) is 20.2. The molecule has 0 radical (unpaired) electrons. The number of non-ortho nitro benzene ring substituents is 1. The molecule has 1 heterocycles. The Balaban J connectivity index is 2.83. The SMILES string of the molecule is O=[N+]([O-])c1ccc(CO)c2ncccc12. The summed E-state index contributed by atoms with van der Waals surface area (Å²) in [6.07, 6.45) is 1.55. The van der Waals surface area contributed by atoms with Gasteiger partial charge in [0.05, 0.1) is 22.4 Å². The van der Waals surface area contributed by atoms with E-state index in [0.29, 0.717) is 16.5 Å². The van der Waals surface area contributed by atoms with E-state index in [1.165, 1.54) is 12.1 Å². The second-order valence-electron chi connectivity index (χ2n) is 3.06. The van der Waals surface area contributed by atoms with Crippen molar-refractivity contribution in [3.63, 3.8) is 0 Å². The highest BCUT2D eigenvalue weighted by atomic mass is 16.6. The summed E-state index contributed by atoms with van der Waals surface area (Å²) in [6, 6.07) is 6.17. The number of hydrogen-bond acceptors (Lipinski definition) is 4. The van der Waals surface area contributed by atoms with Crippen molar-refractivity contribution in [1.29, 1.82) is 0 Å². The van der Waals surface area contributed by atoms with Gasteiger partial charge >= 0.3 is 0 Å². The summed E-state index contributed by atoms with van der Waals surface area (Å²) >= 11 is 0. The van der Waals surface area contributed by atoms with Crippen molar-refractivity contribution < 1.29 is 10.0 Å². The van der Waals surface area contributed by atoms with Crippen molar-refractivity contribution in [2.75, 3.05) is 0 Å². The van der Waals surface area contributed by atoms with Gasteiger partial charge in [-0.25, -0.2) is 0 Å². The van der Waals surface area contributed by atoms with Crippen LogP contribution in [0.25, 0.3) is 10.9 Å². The molecular formula is C10H8N2O3. The quantitative estimate of drug-likeness (QED) is 0.595. The second-order valence-corrected chi connectivity index (χ2v) is 3.06. The molecule has 0 aliphatic heterocycles. The van der Waals surface area contributed by atoms with Crippen molar-refractivity contribution in [2.45, 2.75) is 6.61 Å². The zero-order valence-corrected chi connectivity index (χ0v) is 7.75. The van der Waals surface area contributed by atoms with E-state index in [1.54, 1.807) is 18.3 Å². The molecule has 0 amide bonds. The number of aromatic nitrogens is 1. The van der Waals surface area contributed by atoms with Gasteiger partial charge in [0, 0.05) is 17.8 Å². The maximum Gasteiger partial charge on any atom is 0.278 e. The minimum atomic E-state index is -0.453. The third-order valence-electron chi connectivity index (χ3n) is 2.20. The van der Waals surface area contributed by atoms with Crippen LogP contribution >= 0.6 is 0 Å². The summed E-state index contributed by atoms with van der Waals surface area (Å²) in [4.78, 5) is 14.3. The fourth-order valence-electron chi connectivity index (χ4n) is 1.50. The van der Waals surface area contributed by atoms with E-state index in [2.05, 4.69) is 4.98 Å². The maximum absolute atomic E-state index is 10.7. The highest BCUT2D eigenvalue weighted by molar-refractivity contribution is 5.90. The first-order valence-electron chi connectivity index (χ1n) is 4.36.